The number of methoxy groups -OCH3 is 1. The summed E-state index contributed by atoms with van der Waals surface area (Å²) in [6.07, 6.45) is -0.943. The Morgan fingerprint density at radius 2 is 2.15 bits per heavy atom. The molecule has 1 aliphatic carbocycles. The zero-order valence-electron chi connectivity index (χ0n) is 11.3. The smallest absolute Gasteiger partial charge is 0.345 e. The van der Waals surface area contributed by atoms with Crippen molar-refractivity contribution in [2.75, 3.05) is 7.11 Å². The standard InChI is InChI=1S/C14H16F2O4/c1-8-6-9(17)12(13(18)19-2)10(7-8)20-11-4-3-5-14(11,15)16/h6-7,11,17H,3-5H2,1-2H3. The van der Waals surface area contributed by atoms with E-state index in [-0.39, 0.29) is 29.9 Å². The second kappa shape index (κ2) is 5.26. The van der Waals surface area contributed by atoms with Crippen molar-refractivity contribution in [2.45, 2.75) is 38.2 Å². The van der Waals surface area contributed by atoms with Gasteiger partial charge in [-0.1, -0.05) is 0 Å². The van der Waals surface area contributed by atoms with Crippen LogP contribution in [0.1, 0.15) is 35.2 Å². The van der Waals surface area contributed by atoms with E-state index in [9.17, 15) is 18.7 Å². The lowest BCUT2D eigenvalue weighted by atomic mass is 10.1. The number of esters is 1. The predicted molar refractivity (Wildman–Crippen MR) is 67.4 cm³/mol. The third kappa shape index (κ3) is 2.69. The molecule has 1 aromatic carbocycles. The molecule has 0 aliphatic heterocycles. The summed E-state index contributed by atoms with van der Waals surface area (Å²) in [5, 5.41) is 9.81. The number of hydrogen-bond acceptors (Lipinski definition) is 4. The molecule has 1 atom stereocenters. The molecule has 4 nitrogen and oxygen atoms in total. The largest absolute Gasteiger partial charge is 0.507 e. The van der Waals surface area contributed by atoms with Gasteiger partial charge in [-0.2, -0.15) is 0 Å². The molecule has 1 N–H and O–H groups in total. The van der Waals surface area contributed by atoms with Crippen LogP contribution in [-0.4, -0.2) is 30.2 Å². The van der Waals surface area contributed by atoms with Crippen LogP contribution in [0.3, 0.4) is 0 Å². The Hall–Kier alpha value is -1.85. The third-order valence-corrected chi connectivity index (χ3v) is 3.33. The van der Waals surface area contributed by atoms with Gasteiger partial charge in [-0.05, 0) is 37.5 Å². The van der Waals surface area contributed by atoms with Crippen molar-refractivity contribution in [3.8, 4) is 11.5 Å². The average Bonchev–Trinajstić information content (AvgIpc) is 2.67. The van der Waals surface area contributed by atoms with Crippen LogP contribution in [0.5, 0.6) is 11.5 Å². The molecule has 110 valence electrons. The van der Waals surface area contributed by atoms with E-state index in [1.807, 2.05) is 0 Å². The minimum Gasteiger partial charge on any atom is -0.507 e. The van der Waals surface area contributed by atoms with Gasteiger partial charge in [0.2, 0.25) is 0 Å². The second-order valence-corrected chi connectivity index (χ2v) is 4.91. The van der Waals surface area contributed by atoms with E-state index >= 15 is 0 Å². The maximum absolute atomic E-state index is 13.6. The Labute approximate surface area is 115 Å². The summed E-state index contributed by atoms with van der Waals surface area (Å²) >= 11 is 0. The van der Waals surface area contributed by atoms with Crippen LogP contribution >= 0.6 is 0 Å². The van der Waals surface area contributed by atoms with E-state index in [1.54, 1.807) is 6.92 Å². The first-order valence-corrected chi connectivity index (χ1v) is 6.31. The van der Waals surface area contributed by atoms with Crippen LogP contribution in [0.2, 0.25) is 0 Å². The number of ether oxygens (including phenoxy) is 2. The average molecular weight is 286 g/mol. The van der Waals surface area contributed by atoms with Crippen molar-refractivity contribution in [2.24, 2.45) is 0 Å². The highest BCUT2D eigenvalue weighted by Gasteiger charge is 2.46. The van der Waals surface area contributed by atoms with Gasteiger partial charge in [-0.3, -0.25) is 0 Å². The fraction of sp³-hybridized carbons (Fsp3) is 0.500. The van der Waals surface area contributed by atoms with Gasteiger partial charge in [-0.25, -0.2) is 13.6 Å². The van der Waals surface area contributed by atoms with Crippen molar-refractivity contribution < 1.29 is 28.2 Å². The van der Waals surface area contributed by atoms with E-state index in [2.05, 4.69) is 4.74 Å². The fourth-order valence-electron chi connectivity index (χ4n) is 2.33. The number of halogens is 2. The van der Waals surface area contributed by atoms with Crippen molar-refractivity contribution >= 4 is 5.97 Å². The number of phenols is 1. The lowest BCUT2D eigenvalue weighted by molar-refractivity contribution is -0.0739. The molecule has 20 heavy (non-hydrogen) atoms. The highest BCUT2D eigenvalue weighted by Crippen LogP contribution is 2.40. The number of aryl methyl sites for hydroxylation is 1. The molecule has 1 saturated carbocycles. The van der Waals surface area contributed by atoms with E-state index in [1.165, 1.54) is 12.1 Å². The van der Waals surface area contributed by atoms with Crippen LogP contribution in [0.4, 0.5) is 8.78 Å². The van der Waals surface area contributed by atoms with Gasteiger partial charge in [0.15, 0.2) is 6.10 Å². The molecule has 1 unspecified atom stereocenters. The molecule has 1 fully saturated rings. The molecule has 0 aromatic heterocycles. The molecule has 0 heterocycles. The monoisotopic (exact) mass is 286 g/mol. The first-order valence-electron chi connectivity index (χ1n) is 6.31. The number of aromatic hydroxyl groups is 1. The number of alkyl halides is 2. The fourth-order valence-corrected chi connectivity index (χ4v) is 2.33. The second-order valence-electron chi connectivity index (χ2n) is 4.91. The molecular weight excluding hydrogens is 270 g/mol. The van der Waals surface area contributed by atoms with E-state index in [0.717, 1.165) is 7.11 Å². The lowest BCUT2D eigenvalue weighted by Crippen LogP contribution is -2.33. The van der Waals surface area contributed by atoms with Gasteiger partial charge in [0.05, 0.1) is 7.11 Å². The van der Waals surface area contributed by atoms with Crippen molar-refractivity contribution in [3.63, 3.8) is 0 Å². The molecule has 2 rings (SSSR count). The Kier molecular flexibility index (Phi) is 3.83. The first-order chi connectivity index (χ1) is 9.35. The van der Waals surface area contributed by atoms with E-state index in [4.69, 9.17) is 4.74 Å². The maximum Gasteiger partial charge on any atom is 0.345 e. The molecule has 1 aliphatic rings. The molecule has 0 bridgehead atoms. The highest BCUT2D eigenvalue weighted by atomic mass is 19.3. The summed E-state index contributed by atoms with van der Waals surface area (Å²) in [7, 11) is 1.15. The molecule has 0 spiro atoms. The van der Waals surface area contributed by atoms with Crippen molar-refractivity contribution in [3.05, 3.63) is 23.3 Å². The first kappa shape index (κ1) is 14.6. The molecule has 1 aromatic rings. The Morgan fingerprint density at radius 1 is 1.45 bits per heavy atom. The summed E-state index contributed by atoms with van der Waals surface area (Å²) < 4.78 is 37.1. The van der Waals surface area contributed by atoms with Gasteiger partial charge in [-0.15, -0.1) is 0 Å². The summed E-state index contributed by atoms with van der Waals surface area (Å²) in [6.45, 7) is 1.67. The zero-order chi connectivity index (χ0) is 14.9. The van der Waals surface area contributed by atoms with Crippen LogP contribution in [0.15, 0.2) is 12.1 Å². The molecule has 0 amide bonds. The predicted octanol–water partition coefficient (Wildman–Crippen LogP) is 3.05. The van der Waals surface area contributed by atoms with Crippen LogP contribution in [-0.2, 0) is 4.74 Å². The summed E-state index contributed by atoms with van der Waals surface area (Å²) in [6, 6.07) is 2.80. The minimum atomic E-state index is -2.92. The van der Waals surface area contributed by atoms with Crippen LogP contribution in [0, 0.1) is 6.92 Å². The quantitative estimate of drug-likeness (QED) is 0.868. The molecular formula is C14H16F2O4. The zero-order valence-corrected chi connectivity index (χ0v) is 11.3. The maximum atomic E-state index is 13.6. The third-order valence-electron chi connectivity index (χ3n) is 3.33. The summed E-state index contributed by atoms with van der Waals surface area (Å²) in [5.41, 5.74) is 0.382. The lowest BCUT2D eigenvalue weighted by Gasteiger charge is -2.22. The minimum absolute atomic E-state index is 0.0686. The number of carbonyl (C=O) groups is 1. The Balaban J connectivity index is 2.37. The molecule has 0 radical (unpaired) electrons. The summed E-state index contributed by atoms with van der Waals surface area (Å²) in [4.78, 5) is 11.7. The molecule has 0 saturated heterocycles. The normalized spacial score (nSPS) is 20.7. The summed E-state index contributed by atoms with van der Waals surface area (Å²) in [5.74, 6) is -4.15. The Bertz CT molecular complexity index is 528. The van der Waals surface area contributed by atoms with E-state index < -0.39 is 18.0 Å². The Morgan fingerprint density at radius 3 is 2.70 bits per heavy atom. The van der Waals surface area contributed by atoms with Crippen LogP contribution in [0.25, 0.3) is 0 Å². The number of carbonyl (C=O) groups excluding carboxylic acids is 1. The number of phenolic OH excluding ortho intramolecular Hbond substituents is 1. The number of hydrogen-bond donors (Lipinski definition) is 1. The van der Waals surface area contributed by atoms with Gasteiger partial charge >= 0.3 is 5.97 Å². The van der Waals surface area contributed by atoms with Gasteiger partial charge in [0, 0.05) is 6.42 Å². The topological polar surface area (TPSA) is 55.8 Å². The number of rotatable bonds is 3. The SMILES string of the molecule is COC(=O)c1c(O)cc(C)cc1OC1CCCC1(F)F. The van der Waals surface area contributed by atoms with Crippen molar-refractivity contribution in [1.29, 1.82) is 0 Å². The highest BCUT2D eigenvalue weighted by molar-refractivity contribution is 5.95. The van der Waals surface area contributed by atoms with Crippen molar-refractivity contribution in [1.82, 2.24) is 0 Å². The van der Waals surface area contributed by atoms with Gasteiger partial charge < -0.3 is 14.6 Å². The van der Waals surface area contributed by atoms with E-state index in [0.29, 0.717) is 12.0 Å². The van der Waals surface area contributed by atoms with Gasteiger partial charge in [0.1, 0.15) is 17.1 Å². The van der Waals surface area contributed by atoms with Crippen LogP contribution < -0.4 is 4.74 Å². The number of benzene rings is 1. The molecule has 6 heteroatoms. The van der Waals surface area contributed by atoms with Gasteiger partial charge in [0.25, 0.3) is 5.92 Å².